The molecular weight excluding hydrogens is 428 g/mol. The highest BCUT2D eigenvalue weighted by Gasteiger charge is 2.34. The lowest BCUT2D eigenvalue weighted by Gasteiger charge is -2.26. The maximum atomic E-state index is 13.6. The van der Waals surface area contributed by atoms with Gasteiger partial charge in [0.05, 0.1) is 15.1 Å². The molecule has 0 fully saturated rings. The van der Waals surface area contributed by atoms with E-state index in [0.29, 0.717) is 5.56 Å². The number of hydrogen-bond acceptors (Lipinski definition) is 7. The number of aromatic nitrogens is 1. The van der Waals surface area contributed by atoms with E-state index in [1.165, 1.54) is 29.2 Å². The number of thiazole rings is 1. The van der Waals surface area contributed by atoms with Crippen molar-refractivity contribution in [3.8, 4) is 0 Å². The van der Waals surface area contributed by atoms with E-state index in [4.69, 9.17) is 0 Å². The topological polar surface area (TPSA) is 96.4 Å². The largest absolute Gasteiger partial charge is 0.480 e. The average Bonchev–Trinajstić information content (AvgIpc) is 3.10. The van der Waals surface area contributed by atoms with Crippen molar-refractivity contribution in [1.82, 2.24) is 10.3 Å². The summed E-state index contributed by atoms with van der Waals surface area (Å²) < 4.78 is 28.8. The molecule has 154 valence electrons. The first-order valence-electron chi connectivity index (χ1n) is 8.96. The van der Waals surface area contributed by atoms with Crippen molar-refractivity contribution in [3.05, 3.63) is 54.1 Å². The summed E-state index contributed by atoms with van der Waals surface area (Å²) in [5, 5.41) is 11.3. The van der Waals surface area contributed by atoms with Gasteiger partial charge in [0.25, 0.3) is 0 Å². The minimum atomic E-state index is -3.91. The number of fused-ring (bicyclic) bond motifs is 1. The molecule has 2 atom stereocenters. The van der Waals surface area contributed by atoms with Crippen molar-refractivity contribution in [3.63, 3.8) is 0 Å². The van der Waals surface area contributed by atoms with Gasteiger partial charge in [-0.3, -0.25) is 10.1 Å². The zero-order valence-corrected chi connectivity index (χ0v) is 18.6. The molecule has 0 radical (unpaired) electrons. The summed E-state index contributed by atoms with van der Waals surface area (Å²) in [4.78, 5) is 16.3. The van der Waals surface area contributed by atoms with E-state index in [1.54, 1.807) is 56.3 Å². The Labute approximate surface area is 178 Å². The smallest absolute Gasteiger partial charge is 0.321 e. The van der Waals surface area contributed by atoms with E-state index in [0.717, 1.165) is 14.6 Å². The molecule has 0 bridgehead atoms. The predicted octanol–water partition coefficient (Wildman–Crippen LogP) is 4.19. The van der Waals surface area contributed by atoms with Crippen molar-refractivity contribution in [2.24, 2.45) is 5.92 Å². The van der Waals surface area contributed by atoms with Gasteiger partial charge in [-0.15, -0.1) is 11.3 Å². The zero-order valence-electron chi connectivity index (χ0n) is 16.2. The van der Waals surface area contributed by atoms with Gasteiger partial charge in [-0.1, -0.05) is 55.9 Å². The number of hydrogen-bond donors (Lipinski definition) is 2. The highest BCUT2D eigenvalue weighted by Crippen LogP contribution is 2.33. The molecule has 3 aromatic rings. The van der Waals surface area contributed by atoms with Crippen LogP contribution in [0.2, 0.25) is 0 Å². The van der Waals surface area contributed by atoms with Gasteiger partial charge in [-0.05, 0) is 35.9 Å². The molecule has 9 heteroatoms. The van der Waals surface area contributed by atoms with Crippen molar-refractivity contribution in [1.29, 1.82) is 0 Å². The molecule has 0 amide bonds. The van der Waals surface area contributed by atoms with E-state index in [2.05, 4.69) is 10.3 Å². The summed E-state index contributed by atoms with van der Waals surface area (Å²) in [6.07, 6.45) is 1.92. The Morgan fingerprint density at radius 3 is 2.45 bits per heavy atom. The fraction of sp³-hybridized carbons (Fsp3) is 0.300. The summed E-state index contributed by atoms with van der Waals surface area (Å²) in [6.45, 7) is 3.49. The molecule has 0 spiro atoms. The van der Waals surface area contributed by atoms with Crippen molar-refractivity contribution in [2.45, 2.75) is 34.5 Å². The van der Waals surface area contributed by atoms with Crippen LogP contribution >= 0.6 is 23.1 Å². The normalized spacial score (nSPS) is 14.2. The minimum Gasteiger partial charge on any atom is -0.480 e. The summed E-state index contributed by atoms with van der Waals surface area (Å²) in [5.41, 5.74) is 1.24. The number of nitrogens with zero attached hydrogens (tertiary/aromatic N) is 1. The van der Waals surface area contributed by atoms with E-state index in [-0.39, 0.29) is 10.8 Å². The fourth-order valence-corrected chi connectivity index (χ4v) is 6.25. The van der Waals surface area contributed by atoms with Gasteiger partial charge in [-0.2, -0.15) is 0 Å². The second-order valence-corrected chi connectivity index (χ2v) is 11.0. The number of sulfone groups is 1. The average molecular weight is 451 g/mol. The third-order valence-electron chi connectivity index (χ3n) is 4.52. The number of aliphatic carboxylic acids is 1. The fourth-order valence-electron chi connectivity index (χ4n) is 2.99. The van der Waals surface area contributed by atoms with Crippen LogP contribution in [0.1, 0.15) is 24.8 Å². The van der Waals surface area contributed by atoms with Gasteiger partial charge in [0.1, 0.15) is 11.4 Å². The zero-order chi connectivity index (χ0) is 21.2. The van der Waals surface area contributed by atoms with Crippen LogP contribution < -0.4 is 5.32 Å². The van der Waals surface area contributed by atoms with Gasteiger partial charge in [0.15, 0.2) is 14.2 Å². The third kappa shape index (κ3) is 4.63. The molecule has 2 aromatic carbocycles. The third-order valence-corrected chi connectivity index (χ3v) is 8.46. The maximum absolute atomic E-state index is 13.6. The number of rotatable bonds is 8. The lowest BCUT2D eigenvalue weighted by molar-refractivity contribution is -0.140. The van der Waals surface area contributed by atoms with Crippen LogP contribution in [0.25, 0.3) is 10.2 Å². The molecule has 0 aliphatic rings. The molecule has 0 saturated heterocycles. The molecule has 29 heavy (non-hydrogen) atoms. The quantitative estimate of drug-likeness (QED) is 0.497. The van der Waals surface area contributed by atoms with Gasteiger partial charge in [0.2, 0.25) is 0 Å². The summed E-state index contributed by atoms with van der Waals surface area (Å²) in [7, 11) is -3.91. The molecule has 0 saturated carbocycles. The van der Waals surface area contributed by atoms with E-state index in [1.807, 2.05) is 6.26 Å². The Bertz CT molecular complexity index is 1110. The summed E-state index contributed by atoms with van der Waals surface area (Å²) in [6, 6.07) is 12.5. The highest BCUT2D eigenvalue weighted by molar-refractivity contribution is 8.00. The van der Waals surface area contributed by atoms with Crippen molar-refractivity contribution < 1.29 is 18.3 Å². The predicted molar refractivity (Wildman–Crippen MR) is 117 cm³/mol. The number of thioether (sulfide) groups is 1. The van der Waals surface area contributed by atoms with Gasteiger partial charge < -0.3 is 5.11 Å². The van der Waals surface area contributed by atoms with Crippen LogP contribution in [0.4, 0.5) is 0 Å². The first kappa shape index (κ1) is 21.8. The van der Waals surface area contributed by atoms with Crippen LogP contribution in [-0.4, -0.2) is 36.8 Å². The molecule has 1 aromatic heterocycles. The highest BCUT2D eigenvalue weighted by atomic mass is 32.2. The standard InChI is InChI=1S/C20H22N2O4S3/c1-12(2)17(19(23)24)22-18(13-7-5-4-6-8-13)29(25,26)14-9-10-15-16(11-14)28-20(21-15)27-3/h4-12,17-18,22H,1-3H3,(H,23,24)/t17-,18?/m1/s1. The molecular formula is C20H22N2O4S3. The number of benzene rings is 2. The SMILES string of the molecule is CSc1nc2ccc(S(=O)(=O)C(N[C@@H](C(=O)O)C(C)C)c3ccccc3)cc2s1. The van der Waals surface area contributed by atoms with E-state index in [9.17, 15) is 18.3 Å². The molecule has 3 rings (SSSR count). The Hall–Kier alpha value is -1.94. The monoisotopic (exact) mass is 450 g/mol. The number of carboxylic acids is 1. The molecule has 1 unspecified atom stereocenters. The Kier molecular flexibility index (Phi) is 6.62. The van der Waals surface area contributed by atoms with Crippen molar-refractivity contribution in [2.75, 3.05) is 6.26 Å². The molecule has 0 aliphatic carbocycles. The lowest BCUT2D eigenvalue weighted by atomic mass is 10.0. The number of carboxylic acid groups (broad SMARTS) is 1. The van der Waals surface area contributed by atoms with E-state index >= 15 is 0 Å². The van der Waals surface area contributed by atoms with Crippen LogP contribution in [0.15, 0.2) is 57.8 Å². The van der Waals surface area contributed by atoms with Gasteiger partial charge in [-0.25, -0.2) is 13.4 Å². The van der Waals surface area contributed by atoms with Crippen LogP contribution in [-0.2, 0) is 14.6 Å². The Morgan fingerprint density at radius 2 is 1.86 bits per heavy atom. The van der Waals surface area contributed by atoms with Crippen LogP contribution in [0.3, 0.4) is 0 Å². The summed E-state index contributed by atoms with van der Waals surface area (Å²) in [5.74, 6) is -1.37. The maximum Gasteiger partial charge on any atom is 0.321 e. The molecule has 2 N–H and O–H groups in total. The first-order chi connectivity index (χ1) is 13.7. The Morgan fingerprint density at radius 1 is 1.17 bits per heavy atom. The molecule has 1 heterocycles. The van der Waals surface area contributed by atoms with Crippen molar-refractivity contribution >= 4 is 49.1 Å². The second kappa shape index (κ2) is 8.83. The minimum absolute atomic E-state index is 0.135. The first-order valence-corrected chi connectivity index (χ1v) is 12.5. The van der Waals surface area contributed by atoms with Gasteiger partial charge in [0, 0.05) is 0 Å². The second-order valence-electron chi connectivity index (χ2n) is 6.88. The van der Waals surface area contributed by atoms with Crippen LogP contribution in [0, 0.1) is 5.92 Å². The van der Waals surface area contributed by atoms with E-state index < -0.39 is 27.2 Å². The van der Waals surface area contributed by atoms with Crippen LogP contribution in [0.5, 0.6) is 0 Å². The molecule has 0 aliphatic heterocycles. The number of carbonyl (C=O) groups is 1. The lowest BCUT2D eigenvalue weighted by Crippen LogP contribution is -2.45. The Balaban J connectivity index is 2.09. The molecule has 6 nitrogen and oxygen atoms in total. The summed E-state index contributed by atoms with van der Waals surface area (Å²) >= 11 is 2.94. The number of nitrogens with one attached hydrogen (secondary N) is 1. The van der Waals surface area contributed by atoms with Gasteiger partial charge >= 0.3 is 5.97 Å².